The van der Waals surface area contributed by atoms with Crippen LogP contribution in [0, 0.1) is 63.6 Å². The predicted octanol–water partition coefficient (Wildman–Crippen LogP) is 1.83. The number of hydrogen-bond donors (Lipinski definition) is 6. The highest BCUT2D eigenvalue weighted by atomic mass is 16.5. The second-order valence-electron chi connectivity index (χ2n) is 20.1. The van der Waals surface area contributed by atoms with Crippen LogP contribution in [0.2, 0.25) is 0 Å². The van der Waals surface area contributed by atoms with Crippen LogP contribution in [0.3, 0.4) is 0 Å². The molecule has 308 valence electrons. The van der Waals surface area contributed by atoms with E-state index in [1.165, 1.54) is 0 Å². The highest BCUT2D eigenvalue weighted by molar-refractivity contribution is 6.01. The summed E-state index contributed by atoms with van der Waals surface area (Å²) in [6, 6.07) is -0.761. The van der Waals surface area contributed by atoms with E-state index in [0.717, 1.165) is 43.3 Å². The number of piperidine rings is 1. The van der Waals surface area contributed by atoms with E-state index >= 15 is 4.79 Å². The Bertz CT molecular complexity index is 1760. The van der Waals surface area contributed by atoms with Gasteiger partial charge in [-0.1, -0.05) is 19.3 Å². The highest BCUT2D eigenvalue weighted by Crippen LogP contribution is 2.81. The molecular weight excluding hydrogens is 716 g/mol. The molecule has 2 spiro atoms. The number of ketones is 1. The Hall–Kier alpha value is -1.92. The molecule has 3 saturated heterocycles. The molecule has 0 unspecified atom stereocenters. The number of nitrogens with one attached hydrogen (secondary N) is 1. The van der Waals surface area contributed by atoms with E-state index in [0.29, 0.717) is 71.1 Å². The average Bonchev–Trinajstić information content (AvgIpc) is 3.78. The first kappa shape index (κ1) is 38.3. The molecule has 56 heavy (non-hydrogen) atoms. The zero-order valence-electron chi connectivity index (χ0n) is 33.3. The van der Waals surface area contributed by atoms with Crippen molar-refractivity contribution in [1.29, 1.82) is 0 Å². The fraction of sp³-hybridized carbons (Fsp3) is 0.864. The first-order valence-corrected chi connectivity index (χ1v) is 21.8. The second kappa shape index (κ2) is 13.0. The molecule has 0 aromatic carbocycles. The number of amides is 1. The van der Waals surface area contributed by atoms with Crippen LogP contribution >= 0.6 is 0 Å². The number of aliphatic hydroxyl groups excluding tert-OH is 3. The number of hydrogen-bond acceptors (Lipinski definition) is 11. The highest BCUT2D eigenvalue weighted by Gasteiger charge is 2.81. The molecule has 11 aliphatic rings. The summed E-state index contributed by atoms with van der Waals surface area (Å²) in [5.41, 5.74) is -3.72. The van der Waals surface area contributed by atoms with Crippen LogP contribution in [0.25, 0.3) is 0 Å². The fourth-order valence-corrected chi connectivity index (χ4v) is 15.5. The molecular formula is C44H62N2O10. The summed E-state index contributed by atoms with van der Waals surface area (Å²) in [5.74, 6) is 5.52. The van der Waals surface area contributed by atoms with Crippen molar-refractivity contribution >= 4 is 11.7 Å². The number of rotatable bonds is 6. The van der Waals surface area contributed by atoms with Gasteiger partial charge < -0.3 is 44.6 Å². The number of nitrogens with zero attached hydrogens (tertiary/aromatic N) is 1. The fourth-order valence-electron chi connectivity index (χ4n) is 15.5. The molecule has 12 nitrogen and oxygen atoms in total. The van der Waals surface area contributed by atoms with Gasteiger partial charge in [0.1, 0.15) is 18.4 Å². The van der Waals surface area contributed by atoms with E-state index in [4.69, 9.17) is 14.2 Å². The van der Waals surface area contributed by atoms with Crippen LogP contribution < -0.4 is 5.32 Å². The zero-order chi connectivity index (χ0) is 39.2. The van der Waals surface area contributed by atoms with E-state index in [1.54, 1.807) is 14.0 Å². The van der Waals surface area contributed by atoms with E-state index in [-0.39, 0.29) is 48.2 Å². The molecule has 5 aliphatic heterocycles. The number of aliphatic hydroxyl groups is 5. The molecule has 7 fully saturated rings. The Morgan fingerprint density at radius 1 is 1.02 bits per heavy atom. The Kier molecular flexibility index (Phi) is 8.92. The van der Waals surface area contributed by atoms with Crippen LogP contribution in [0.5, 0.6) is 0 Å². The Morgan fingerprint density at radius 2 is 1.84 bits per heavy atom. The van der Waals surface area contributed by atoms with Crippen molar-refractivity contribution in [3.8, 4) is 11.8 Å². The summed E-state index contributed by atoms with van der Waals surface area (Å²) in [7, 11) is 1.69. The summed E-state index contributed by atoms with van der Waals surface area (Å²) >= 11 is 0. The minimum absolute atomic E-state index is 0.0180. The maximum atomic E-state index is 15.2. The number of Topliss-reactive ketones (excluding diaryl/α,β-unsaturated/α-hetero) is 1. The van der Waals surface area contributed by atoms with Crippen molar-refractivity contribution < 1.29 is 49.3 Å². The molecule has 0 aromatic rings. The number of carbonyl (C=O) groups is 2. The summed E-state index contributed by atoms with van der Waals surface area (Å²) in [6.07, 6.45) is 3.97. The minimum Gasteiger partial charge on any atom is -0.396 e. The van der Waals surface area contributed by atoms with Gasteiger partial charge >= 0.3 is 0 Å². The topological polar surface area (TPSA) is 178 Å². The third-order valence-electron chi connectivity index (χ3n) is 18.0. The smallest absolute Gasteiger partial charge is 0.240 e. The average molecular weight is 779 g/mol. The van der Waals surface area contributed by atoms with Gasteiger partial charge in [-0.05, 0) is 118 Å². The Labute approximate surface area is 330 Å². The lowest BCUT2D eigenvalue weighted by Crippen LogP contribution is -2.72. The van der Waals surface area contributed by atoms with E-state index < -0.39 is 75.8 Å². The number of methoxy groups -OCH3 is 1. The lowest BCUT2D eigenvalue weighted by Gasteiger charge is -2.71. The molecule has 0 aromatic heterocycles. The van der Waals surface area contributed by atoms with Gasteiger partial charge in [0.2, 0.25) is 5.91 Å². The van der Waals surface area contributed by atoms with E-state index in [9.17, 15) is 30.3 Å². The third kappa shape index (κ3) is 4.81. The Morgan fingerprint density at radius 3 is 2.62 bits per heavy atom. The third-order valence-corrected chi connectivity index (χ3v) is 18.0. The number of ether oxygens (including phenoxy) is 3. The second-order valence-corrected chi connectivity index (χ2v) is 20.1. The summed E-state index contributed by atoms with van der Waals surface area (Å²) < 4.78 is 18.1. The molecule has 4 saturated carbocycles. The normalized spacial score (nSPS) is 53.9. The predicted molar refractivity (Wildman–Crippen MR) is 201 cm³/mol. The van der Waals surface area contributed by atoms with Crippen molar-refractivity contribution in [3.63, 3.8) is 0 Å². The lowest BCUT2D eigenvalue weighted by atomic mass is 9.32. The molecule has 1 amide bonds. The van der Waals surface area contributed by atoms with Crippen LogP contribution in [-0.2, 0) is 23.8 Å². The van der Waals surface area contributed by atoms with Crippen molar-refractivity contribution in [2.45, 2.75) is 151 Å². The molecule has 0 radical (unpaired) electrons. The van der Waals surface area contributed by atoms with Crippen molar-refractivity contribution in [1.82, 2.24) is 10.2 Å². The molecule has 18 atom stereocenters. The van der Waals surface area contributed by atoms with Gasteiger partial charge in [-0.2, -0.15) is 0 Å². The largest absolute Gasteiger partial charge is 0.396 e. The molecule has 12 heteroatoms. The van der Waals surface area contributed by atoms with Crippen LogP contribution in [-0.4, -0.2) is 130 Å². The molecule has 8 bridgehead atoms. The monoisotopic (exact) mass is 778 g/mol. The van der Waals surface area contributed by atoms with Crippen LogP contribution in [0.15, 0.2) is 11.1 Å². The maximum Gasteiger partial charge on any atom is 0.240 e. The van der Waals surface area contributed by atoms with Crippen LogP contribution in [0.1, 0.15) is 97.3 Å². The van der Waals surface area contributed by atoms with Crippen molar-refractivity contribution in [3.05, 3.63) is 11.1 Å². The summed E-state index contributed by atoms with van der Waals surface area (Å²) in [6.45, 7) is 5.36. The molecule has 6 aliphatic carbocycles. The van der Waals surface area contributed by atoms with E-state index in [2.05, 4.69) is 24.1 Å². The first-order valence-electron chi connectivity index (χ1n) is 21.8. The lowest BCUT2D eigenvalue weighted by molar-refractivity contribution is -0.232. The SMILES string of the molecule is COCCCO[C@H]1CC[C@@]2(C)[C@@H](C1)C(=O)C1=C3[C@]4(O)[C@@H](CC1)C[C@@H]1[C@](C)(O)[C@H](O)[C@H]5O[C@H]6[C@H](C[C@H](N[C@@H]6O)C(=O)N6C[C@H]6CC#C[C@]32[C@H]2CCC[C@@]14C2)[C@H]5CO. The summed E-state index contributed by atoms with van der Waals surface area (Å²) in [4.78, 5) is 30.9. The molecule has 5 heterocycles. The molecule has 11 rings (SSSR count). The Balaban J connectivity index is 1.13. The zero-order valence-corrected chi connectivity index (χ0v) is 33.3. The minimum atomic E-state index is -1.75. The van der Waals surface area contributed by atoms with Crippen molar-refractivity contribution in [2.24, 2.45) is 51.8 Å². The first-order chi connectivity index (χ1) is 26.8. The standard InChI is InChI=1S/C44H62N2O10/c1-40-14-11-26(55-16-6-15-54-3)18-30(40)33(48)27-10-9-23-17-32-41(2,52)37(49)34-29(22-47)28-19-31(45-38(50)35(28)56-34)39(51)46-21-25(46)8-5-13-43(40)24-7-4-12-42(32,20-24)44(23,53)36(27)43/h23-26,28-32,34-35,37-38,45,47,49-50,52-53H,4,6-12,14-22H2,1-3H3/t23-,24-,25+,26-,28+,29+,30-,31-,32+,34-,35-,37+,38+,40-,41-,42+,43-,44+,46?/m0/s1. The van der Waals surface area contributed by atoms with Gasteiger partial charge in [-0.15, -0.1) is 5.92 Å². The quantitative estimate of drug-likeness (QED) is 0.132. The van der Waals surface area contributed by atoms with Gasteiger partial charge in [-0.25, -0.2) is 0 Å². The van der Waals surface area contributed by atoms with Gasteiger partial charge in [0.25, 0.3) is 0 Å². The van der Waals surface area contributed by atoms with Gasteiger partial charge in [0.05, 0.1) is 40.9 Å². The number of allylic oxidation sites excluding steroid dienone is 1. The maximum absolute atomic E-state index is 15.2. The van der Waals surface area contributed by atoms with Crippen molar-refractivity contribution in [2.75, 3.05) is 33.5 Å². The molecule has 6 N–H and O–H groups in total. The van der Waals surface area contributed by atoms with Gasteiger partial charge in [0, 0.05) is 57.1 Å². The van der Waals surface area contributed by atoms with Crippen LogP contribution in [0.4, 0.5) is 0 Å². The van der Waals surface area contributed by atoms with E-state index in [1.807, 2.05) is 4.90 Å². The van der Waals surface area contributed by atoms with Gasteiger partial charge in [0.15, 0.2) is 5.78 Å². The van der Waals surface area contributed by atoms with Gasteiger partial charge in [-0.3, -0.25) is 14.9 Å². The number of fused-ring (bicyclic) bond motifs is 3. The summed E-state index contributed by atoms with van der Waals surface area (Å²) in [5, 5.41) is 64.6. The number of carbonyl (C=O) groups excluding carboxylic acids is 2.